The molecular weight excluding hydrogens is 150 g/mol. The lowest BCUT2D eigenvalue weighted by molar-refractivity contribution is 0.477. The number of imidazole rings is 1. The Morgan fingerprint density at radius 2 is 2.42 bits per heavy atom. The average Bonchev–Trinajstić information content (AvgIpc) is 2.53. The lowest BCUT2D eigenvalue weighted by Crippen LogP contribution is -2.30. The highest BCUT2D eigenvalue weighted by Gasteiger charge is 1.99. The Bertz CT molecular complexity index is 194. The third kappa shape index (κ3) is 3.05. The van der Waals surface area contributed by atoms with Crippen LogP contribution >= 0.6 is 0 Å². The van der Waals surface area contributed by atoms with Crippen LogP contribution in [0.25, 0.3) is 0 Å². The molecule has 0 aliphatic carbocycles. The predicted octanol–water partition coefficient (Wildman–Crippen LogP) is 1.27. The summed E-state index contributed by atoms with van der Waals surface area (Å²) in [6.45, 7) is 6.46. The van der Waals surface area contributed by atoms with E-state index in [1.165, 1.54) is 6.42 Å². The fourth-order valence-corrected chi connectivity index (χ4v) is 1.17. The highest BCUT2D eigenvalue weighted by atomic mass is 15.1. The van der Waals surface area contributed by atoms with Gasteiger partial charge >= 0.3 is 0 Å². The van der Waals surface area contributed by atoms with Crippen molar-refractivity contribution in [3.63, 3.8) is 0 Å². The summed E-state index contributed by atoms with van der Waals surface area (Å²) in [5, 5.41) is 3.42. The van der Waals surface area contributed by atoms with E-state index in [1.54, 1.807) is 0 Å². The van der Waals surface area contributed by atoms with Crippen molar-refractivity contribution < 1.29 is 0 Å². The van der Waals surface area contributed by atoms with Crippen LogP contribution in [0.15, 0.2) is 18.7 Å². The first-order valence-corrected chi connectivity index (χ1v) is 4.52. The van der Waals surface area contributed by atoms with Crippen molar-refractivity contribution in [1.29, 1.82) is 0 Å². The fraction of sp³-hybridized carbons (Fsp3) is 0.667. The summed E-state index contributed by atoms with van der Waals surface area (Å²) < 4.78 is 2.09. The Balaban J connectivity index is 2.22. The second-order valence-electron chi connectivity index (χ2n) is 3.11. The van der Waals surface area contributed by atoms with Crippen LogP contribution in [0, 0.1) is 0 Å². The van der Waals surface area contributed by atoms with Gasteiger partial charge in [0.25, 0.3) is 0 Å². The second-order valence-corrected chi connectivity index (χ2v) is 3.11. The molecule has 1 aromatic heterocycles. The van der Waals surface area contributed by atoms with Crippen LogP contribution in [0.4, 0.5) is 0 Å². The smallest absolute Gasteiger partial charge is 0.0946 e. The van der Waals surface area contributed by atoms with E-state index in [2.05, 4.69) is 28.7 Å². The summed E-state index contributed by atoms with van der Waals surface area (Å²) >= 11 is 0. The monoisotopic (exact) mass is 167 g/mol. The SMILES string of the molecule is CCCNC(C)Cn1ccnc1. The molecule has 3 heteroatoms. The molecule has 1 atom stereocenters. The Kier molecular flexibility index (Phi) is 3.80. The highest BCUT2D eigenvalue weighted by Crippen LogP contribution is 1.91. The van der Waals surface area contributed by atoms with Crippen molar-refractivity contribution in [2.75, 3.05) is 6.54 Å². The van der Waals surface area contributed by atoms with Gasteiger partial charge in [-0.3, -0.25) is 0 Å². The van der Waals surface area contributed by atoms with E-state index < -0.39 is 0 Å². The zero-order valence-electron chi connectivity index (χ0n) is 7.83. The number of rotatable bonds is 5. The van der Waals surface area contributed by atoms with Crippen molar-refractivity contribution in [2.45, 2.75) is 32.9 Å². The van der Waals surface area contributed by atoms with Crippen LogP contribution in [0.3, 0.4) is 0 Å². The number of hydrogen-bond donors (Lipinski definition) is 1. The zero-order chi connectivity index (χ0) is 8.81. The van der Waals surface area contributed by atoms with Gasteiger partial charge in [0.1, 0.15) is 0 Å². The normalized spacial score (nSPS) is 13.2. The summed E-state index contributed by atoms with van der Waals surface area (Å²) in [6.07, 6.45) is 6.84. The van der Waals surface area contributed by atoms with Crippen molar-refractivity contribution in [3.05, 3.63) is 18.7 Å². The van der Waals surface area contributed by atoms with Gasteiger partial charge in [0.05, 0.1) is 6.33 Å². The molecule has 1 heterocycles. The molecule has 0 fully saturated rings. The molecule has 0 bridgehead atoms. The van der Waals surface area contributed by atoms with Crippen molar-refractivity contribution in [1.82, 2.24) is 14.9 Å². The number of nitrogens with one attached hydrogen (secondary N) is 1. The number of hydrogen-bond acceptors (Lipinski definition) is 2. The first-order chi connectivity index (χ1) is 5.83. The van der Waals surface area contributed by atoms with Gasteiger partial charge in [-0.25, -0.2) is 4.98 Å². The minimum Gasteiger partial charge on any atom is -0.336 e. The molecule has 0 aliphatic heterocycles. The van der Waals surface area contributed by atoms with Gasteiger partial charge in [-0.05, 0) is 19.9 Å². The van der Waals surface area contributed by atoms with Crippen LogP contribution in [0.2, 0.25) is 0 Å². The molecule has 1 unspecified atom stereocenters. The lowest BCUT2D eigenvalue weighted by Gasteiger charge is -2.12. The van der Waals surface area contributed by atoms with Crippen molar-refractivity contribution in [3.8, 4) is 0 Å². The molecule has 1 rings (SSSR count). The maximum atomic E-state index is 3.99. The van der Waals surface area contributed by atoms with Gasteiger partial charge in [0.2, 0.25) is 0 Å². The third-order valence-corrected chi connectivity index (χ3v) is 1.79. The van der Waals surface area contributed by atoms with E-state index in [-0.39, 0.29) is 0 Å². The molecule has 0 amide bonds. The van der Waals surface area contributed by atoms with Gasteiger partial charge in [-0.15, -0.1) is 0 Å². The van der Waals surface area contributed by atoms with E-state index in [0.717, 1.165) is 13.1 Å². The van der Waals surface area contributed by atoms with Crippen LogP contribution < -0.4 is 5.32 Å². The molecule has 1 aromatic rings. The minimum absolute atomic E-state index is 0.527. The zero-order valence-corrected chi connectivity index (χ0v) is 7.83. The van der Waals surface area contributed by atoms with E-state index in [4.69, 9.17) is 0 Å². The first-order valence-electron chi connectivity index (χ1n) is 4.52. The standard InChI is InChI=1S/C9H17N3/c1-3-4-11-9(2)7-12-6-5-10-8-12/h5-6,8-9,11H,3-4,7H2,1-2H3. The average molecular weight is 167 g/mol. The maximum absolute atomic E-state index is 3.99. The Morgan fingerprint density at radius 1 is 1.58 bits per heavy atom. The van der Waals surface area contributed by atoms with E-state index in [9.17, 15) is 0 Å². The van der Waals surface area contributed by atoms with Crippen LogP contribution in [-0.2, 0) is 6.54 Å². The summed E-state index contributed by atoms with van der Waals surface area (Å²) in [5.41, 5.74) is 0. The minimum atomic E-state index is 0.527. The van der Waals surface area contributed by atoms with Crippen molar-refractivity contribution in [2.24, 2.45) is 0 Å². The lowest BCUT2D eigenvalue weighted by atomic mass is 10.3. The van der Waals surface area contributed by atoms with Crippen LogP contribution in [-0.4, -0.2) is 22.1 Å². The Morgan fingerprint density at radius 3 is 3.00 bits per heavy atom. The topological polar surface area (TPSA) is 29.9 Å². The number of nitrogens with zero attached hydrogens (tertiary/aromatic N) is 2. The van der Waals surface area contributed by atoms with Gasteiger partial charge in [-0.1, -0.05) is 6.92 Å². The summed E-state index contributed by atoms with van der Waals surface area (Å²) in [4.78, 5) is 3.99. The van der Waals surface area contributed by atoms with Gasteiger partial charge in [0, 0.05) is 25.0 Å². The molecular formula is C9H17N3. The molecule has 68 valence electrons. The first kappa shape index (κ1) is 9.26. The predicted molar refractivity (Wildman–Crippen MR) is 50.0 cm³/mol. The van der Waals surface area contributed by atoms with E-state index in [0.29, 0.717) is 6.04 Å². The molecule has 0 radical (unpaired) electrons. The molecule has 0 aliphatic rings. The molecule has 12 heavy (non-hydrogen) atoms. The Labute approximate surface area is 73.8 Å². The van der Waals surface area contributed by atoms with Gasteiger partial charge in [0.15, 0.2) is 0 Å². The molecule has 0 aromatic carbocycles. The third-order valence-electron chi connectivity index (χ3n) is 1.79. The van der Waals surface area contributed by atoms with E-state index >= 15 is 0 Å². The largest absolute Gasteiger partial charge is 0.336 e. The number of aromatic nitrogens is 2. The fourth-order valence-electron chi connectivity index (χ4n) is 1.17. The Hall–Kier alpha value is -0.830. The maximum Gasteiger partial charge on any atom is 0.0946 e. The summed E-state index contributed by atoms with van der Waals surface area (Å²) in [6, 6.07) is 0.527. The van der Waals surface area contributed by atoms with E-state index in [1.807, 2.05) is 18.7 Å². The quantitative estimate of drug-likeness (QED) is 0.715. The summed E-state index contributed by atoms with van der Waals surface area (Å²) in [5.74, 6) is 0. The highest BCUT2D eigenvalue weighted by molar-refractivity contribution is 4.76. The summed E-state index contributed by atoms with van der Waals surface area (Å²) in [7, 11) is 0. The second kappa shape index (κ2) is 4.93. The molecule has 0 saturated heterocycles. The van der Waals surface area contributed by atoms with Crippen LogP contribution in [0.5, 0.6) is 0 Å². The van der Waals surface area contributed by atoms with Gasteiger partial charge in [-0.2, -0.15) is 0 Å². The van der Waals surface area contributed by atoms with Crippen LogP contribution in [0.1, 0.15) is 20.3 Å². The van der Waals surface area contributed by atoms with Crippen molar-refractivity contribution >= 4 is 0 Å². The van der Waals surface area contributed by atoms with Gasteiger partial charge < -0.3 is 9.88 Å². The molecule has 3 nitrogen and oxygen atoms in total. The molecule has 0 spiro atoms. The molecule has 1 N–H and O–H groups in total. The molecule has 0 saturated carbocycles.